The van der Waals surface area contributed by atoms with E-state index in [2.05, 4.69) is 5.48 Å². The molecular formula is C7H15NO2. The molecule has 60 valence electrons. The molecule has 0 aromatic heterocycles. The maximum Gasteiger partial charge on any atom is 0.240 e. The van der Waals surface area contributed by atoms with Gasteiger partial charge in [-0.15, -0.1) is 0 Å². The second-order valence-electron chi connectivity index (χ2n) is 2.21. The average molecular weight is 145 g/mol. The Labute approximate surface area is 61.7 Å². The second kappa shape index (κ2) is 5.23. The summed E-state index contributed by atoms with van der Waals surface area (Å²) in [4.78, 5) is 15.3. The van der Waals surface area contributed by atoms with Crippen LogP contribution in [0.15, 0.2) is 0 Å². The molecule has 0 spiro atoms. The summed E-state index contributed by atoms with van der Waals surface area (Å²) in [7, 11) is 0. The van der Waals surface area contributed by atoms with Crippen LogP contribution in [-0.2, 0) is 9.63 Å². The largest absolute Gasteiger partial charge is 0.273 e. The van der Waals surface area contributed by atoms with Crippen LogP contribution in [0.25, 0.3) is 0 Å². The van der Waals surface area contributed by atoms with Gasteiger partial charge in [0.2, 0.25) is 5.91 Å². The van der Waals surface area contributed by atoms with Gasteiger partial charge in [0.1, 0.15) is 0 Å². The number of hydrogen-bond donors (Lipinski definition) is 1. The number of carbonyl (C=O) groups is 1. The summed E-state index contributed by atoms with van der Waals surface area (Å²) in [6.07, 6.45) is 2.01. The first-order valence-corrected chi connectivity index (χ1v) is 3.62. The van der Waals surface area contributed by atoms with Gasteiger partial charge in [0, 0.05) is 6.92 Å². The molecule has 0 fully saturated rings. The van der Waals surface area contributed by atoms with E-state index < -0.39 is 0 Å². The average Bonchev–Trinajstić information content (AvgIpc) is 1.90. The molecule has 10 heavy (non-hydrogen) atoms. The lowest BCUT2D eigenvalue weighted by Crippen LogP contribution is -2.26. The highest BCUT2D eigenvalue weighted by atomic mass is 16.7. The third-order valence-electron chi connectivity index (χ3n) is 1.28. The molecule has 0 heterocycles. The molecule has 0 aliphatic rings. The molecule has 0 radical (unpaired) electrons. The Morgan fingerprint density at radius 2 is 2.00 bits per heavy atom. The van der Waals surface area contributed by atoms with Crippen LogP contribution in [0.5, 0.6) is 0 Å². The summed E-state index contributed by atoms with van der Waals surface area (Å²) in [5.41, 5.74) is 2.31. The Balaban J connectivity index is 3.34. The van der Waals surface area contributed by atoms with E-state index in [4.69, 9.17) is 4.84 Å². The van der Waals surface area contributed by atoms with Gasteiger partial charge in [-0.25, -0.2) is 5.48 Å². The van der Waals surface area contributed by atoms with E-state index in [0.29, 0.717) is 0 Å². The predicted octanol–water partition coefficient (Wildman–Crippen LogP) is 1.24. The fourth-order valence-electron chi connectivity index (χ4n) is 0.622. The molecule has 3 heteroatoms. The monoisotopic (exact) mass is 145 g/mol. The predicted molar refractivity (Wildman–Crippen MR) is 39.3 cm³/mol. The van der Waals surface area contributed by atoms with Crippen LogP contribution in [0.1, 0.15) is 33.6 Å². The molecule has 3 nitrogen and oxygen atoms in total. The Morgan fingerprint density at radius 1 is 1.50 bits per heavy atom. The summed E-state index contributed by atoms with van der Waals surface area (Å²) in [5.74, 6) is -0.146. The standard InChI is InChI=1S/C7H15NO2/c1-4-7(5-2)10-8-6(3)9/h7H,4-5H2,1-3H3,(H,8,9). The minimum atomic E-state index is -0.146. The first kappa shape index (κ1) is 9.43. The highest BCUT2D eigenvalue weighted by Gasteiger charge is 2.02. The molecule has 0 aliphatic carbocycles. The third kappa shape index (κ3) is 4.32. The van der Waals surface area contributed by atoms with Gasteiger partial charge >= 0.3 is 0 Å². The highest BCUT2D eigenvalue weighted by Crippen LogP contribution is 1.99. The topological polar surface area (TPSA) is 38.3 Å². The molecule has 0 unspecified atom stereocenters. The third-order valence-corrected chi connectivity index (χ3v) is 1.28. The van der Waals surface area contributed by atoms with Crippen molar-refractivity contribution in [3.63, 3.8) is 0 Å². The molecule has 0 rings (SSSR count). The fraction of sp³-hybridized carbons (Fsp3) is 0.857. The van der Waals surface area contributed by atoms with Crippen molar-refractivity contribution >= 4 is 5.91 Å². The van der Waals surface area contributed by atoms with E-state index in [1.807, 2.05) is 13.8 Å². The Hall–Kier alpha value is -0.570. The van der Waals surface area contributed by atoms with Crippen LogP contribution in [0.4, 0.5) is 0 Å². The lowest BCUT2D eigenvalue weighted by molar-refractivity contribution is -0.136. The first-order chi connectivity index (χ1) is 4.70. The molecular weight excluding hydrogens is 130 g/mol. The molecule has 0 atom stereocenters. The van der Waals surface area contributed by atoms with Crippen LogP contribution in [0.3, 0.4) is 0 Å². The number of rotatable bonds is 4. The van der Waals surface area contributed by atoms with Gasteiger partial charge in [0.25, 0.3) is 0 Å². The molecule has 0 aliphatic heterocycles. The summed E-state index contributed by atoms with van der Waals surface area (Å²) in [6.45, 7) is 5.48. The van der Waals surface area contributed by atoms with E-state index in [9.17, 15) is 4.79 Å². The molecule has 0 saturated heterocycles. The van der Waals surface area contributed by atoms with Gasteiger partial charge in [-0.05, 0) is 12.8 Å². The number of nitrogens with one attached hydrogen (secondary N) is 1. The molecule has 0 aromatic carbocycles. The van der Waals surface area contributed by atoms with E-state index in [0.717, 1.165) is 12.8 Å². The van der Waals surface area contributed by atoms with Crippen LogP contribution < -0.4 is 5.48 Å². The second-order valence-corrected chi connectivity index (χ2v) is 2.21. The van der Waals surface area contributed by atoms with Gasteiger partial charge in [-0.2, -0.15) is 0 Å². The molecule has 0 bridgehead atoms. The van der Waals surface area contributed by atoms with Crippen molar-refractivity contribution in [2.45, 2.75) is 39.7 Å². The Kier molecular flexibility index (Phi) is 4.94. The zero-order valence-electron chi connectivity index (χ0n) is 6.81. The van der Waals surface area contributed by atoms with Crippen LogP contribution in [-0.4, -0.2) is 12.0 Å². The van der Waals surface area contributed by atoms with Gasteiger partial charge < -0.3 is 0 Å². The summed E-state index contributed by atoms with van der Waals surface area (Å²) < 4.78 is 0. The van der Waals surface area contributed by atoms with Gasteiger partial charge in [0.15, 0.2) is 0 Å². The van der Waals surface area contributed by atoms with E-state index in [1.54, 1.807) is 0 Å². The van der Waals surface area contributed by atoms with E-state index in [1.165, 1.54) is 6.92 Å². The molecule has 1 amide bonds. The zero-order valence-corrected chi connectivity index (χ0v) is 6.81. The van der Waals surface area contributed by atoms with Crippen molar-refractivity contribution in [2.75, 3.05) is 0 Å². The normalized spacial score (nSPS) is 10.0. The molecule has 0 aromatic rings. The quantitative estimate of drug-likeness (QED) is 0.604. The summed E-state index contributed by atoms with van der Waals surface area (Å²) in [5, 5.41) is 0. The summed E-state index contributed by atoms with van der Waals surface area (Å²) in [6, 6.07) is 0. The highest BCUT2D eigenvalue weighted by molar-refractivity contribution is 5.71. The Morgan fingerprint density at radius 3 is 2.30 bits per heavy atom. The SMILES string of the molecule is CCC(CC)ONC(C)=O. The fourth-order valence-corrected chi connectivity index (χ4v) is 0.622. The zero-order chi connectivity index (χ0) is 7.98. The number of carbonyl (C=O) groups excluding carboxylic acids is 1. The van der Waals surface area contributed by atoms with Crippen LogP contribution >= 0.6 is 0 Å². The number of hydrogen-bond acceptors (Lipinski definition) is 2. The maximum atomic E-state index is 10.3. The van der Waals surface area contributed by atoms with Gasteiger partial charge in [-0.1, -0.05) is 13.8 Å². The van der Waals surface area contributed by atoms with Gasteiger partial charge in [0.05, 0.1) is 6.10 Å². The van der Waals surface area contributed by atoms with Crippen molar-refractivity contribution in [1.82, 2.24) is 5.48 Å². The Bertz CT molecular complexity index is 99.8. The van der Waals surface area contributed by atoms with Crippen LogP contribution in [0.2, 0.25) is 0 Å². The van der Waals surface area contributed by atoms with E-state index in [-0.39, 0.29) is 12.0 Å². The number of hydroxylamine groups is 1. The first-order valence-electron chi connectivity index (χ1n) is 3.62. The van der Waals surface area contributed by atoms with Crippen LogP contribution in [0, 0.1) is 0 Å². The minimum absolute atomic E-state index is 0.146. The lowest BCUT2D eigenvalue weighted by atomic mass is 10.2. The number of amides is 1. The smallest absolute Gasteiger partial charge is 0.240 e. The maximum absolute atomic E-state index is 10.3. The summed E-state index contributed by atoms with van der Waals surface area (Å²) >= 11 is 0. The van der Waals surface area contributed by atoms with Gasteiger partial charge in [-0.3, -0.25) is 9.63 Å². The van der Waals surface area contributed by atoms with Crippen molar-refractivity contribution in [1.29, 1.82) is 0 Å². The van der Waals surface area contributed by atoms with Crippen molar-refractivity contribution in [2.24, 2.45) is 0 Å². The minimum Gasteiger partial charge on any atom is -0.273 e. The van der Waals surface area contributed by atoms with Crippen molar-refractivity contribution < 1.29 is 9.63 Å². The van der Waals surface area contributed by atoms with Crippen molar-refractivity contribution in [3.05, 3.63) is 0 Å². The lowest BCUT2D eigenvalue weighted by Gasteiger charge is -2.11. The molecule has 1 N–H and O–H groups in total. The van der Waals surface area contributed by atoms with E-state index >= 15 is 0 Å². The molecule has 0 saturated carbocycles. The van der Waals surface area contributed by atoms with Crippen molar-refractivity contribution in [3.8, 4) is 0 Å².